The lowest BCUT2D eigenvalue weighted by Crippen LogP contribution is -2.61. The number of cyclic esters (lactones) is 1. The number of hydrogen-bond donors (Lipinski definition) is 1. The van der Waals surface area contributed by atoms with Crippen LogP contribution in [0.5, 0.6) is 0 Å². The van der Waals surface area contributed by atoms with Crippen molar-refractivity contribution in [3.05, 3.63) is 37.1 Å². The lowest BCUT2D eigenvalue weighted by Gasteiger charge is -2.47. The Hall–Kier alpha value is -3.85. The van der Waals surface area contributed by atoms with Crippen LogP contribution in [0.2, 0.25) is 0 Å². The van der Waals surface area contributed by atoms with Crippen molar-refractivity contribution in [3.8, 4) is 11.3 Å². The molecule has 3 saturated heterocycles. The van der Waals surface area contributed by atoms with Gasteiger partial charge in [-0.25, -0.2) is 14.0 Å². The summed E-state index contributed by atoms with van der Waals surface area (Å²) in [5.74, 6) is -5.73. The number of hydrogen-bond acceptors (Lipinski definition) is 15. The summed E-state index contributed by atoms with van der Waals surface area (Å²) in [6.07, 6.45) is 2.63. The fraction of sp³-hybridized carbons (Fsp3) is 0.721. The molecule has 18 nitrogen and oxygen atoms in total. The number of ether oxygens (including phenoxy) is 5. The van der Waals surface area contributed by atoms with Gasteiger partial charge in [-0.1, -0.05) is 27.7 Å². The Morgan fingerprint density at radius 3 is 2.32 bits per heavy atom. The number of ketones is 2. The Balaban J connectivity index is 1.46. The first kappa shape index (κ1) is 49.2. The van der Waals surface area contributed by atoms with Gasteiger partial charge in [0.1, 0.15) is 23.9 Å². The topological polar surface area (TPSA) is 215 Å². The van der Waals surface area contributed by atoms with Crippen LogP contribution in [0.3, 0.4) is 0 Å². The Kier molecular flexibility index (Phi) is 15.8. The molecule has 346 valence electrons. The summed E-state index contributed by atoms with van der Waals surface area (Å²) in [7, 11) is -0.168. The van der Waals surface area contributed by atoms with Crippen molar-refractivity contribution in [2.24, 2.45) is 23.7 Å². The molecule has 13 atom stereocenters. The van der Waals surface area contributed by atoms with Gasteiger partial charge in [0.25, 0.3) is 0 Å². The van der Waals surface area contributed by atoms with Crippen LogP contribution in [0.1, 0.15) is 87.5 Å². The van der Waals surface area contributed by atoms with E-state index in [0.717, 1.165) is 11.3 Å². The summed E-state index contributed by atoms with van der Waals surface area (Å²) in [6.45, 7) is 14.2. The number of Topliss-reactive ketones (excluding diaryl/α,β-unsaturated/α-hetero) is 2. The maximum absolute atomic E-state index is 14.8. The minimum atomic E-state index is -5.01. The summed E-state index contributed by atoms with van der Waals surface area (Å²) in [6, 6.07) is 2.30. The molecule has 19 heteroatoms. The molecule has 0 spiro atoms. The Morgan fingerprint density at radius 1 is 1.02 bits per heavy atom. The van der Waals surface area contributed by atoms with Crippen LogP contribution in [0.25, 0.3) is 11.3 Å². The average molecular weight is 892 g/mol. The van der Waals surface area contributed by atoms with Gasteiger partial charge in [-0.2, -0.15) is 8.42 Å². The van der Waals surface area contributed by atoms with Crippen molar-refractivity contribution in [3.63, 3.8) is 0 Å². The van der Waals surface area contributed by atoms with E-state index in [4.69, 9.17) is 27.9 Å². The summed E-state index contributed by atoms with van der Waals surface area (Å²) in [5, 5.41) is 0. The molecule has 5 heterocycles. The molecule has 62 heavy (non-hydrogen) atoms. The summed E-state index contributed by atoms with van der Waals surface area (Å²) < 4.78 is 72.4. The van der Waals surface area contributed by atoms with E-state index in [1.807, 2.05) is 22.9 Å². The number of rotatable bonds is 13. The van der Waals surface area contributed by atoms with Crippen molar-refractivity contribution in [1.29, 1.82) is 0 Å². The van der Waals surface area contributed by atoms with Gasteiger partial charge >= 0.3 is 22.5 Å². The molecule has 0 aromatic carbocycles. The van der Waals surface area contributed by atoms with Crippen LogP contribution in [0.4, 0.5) is 4.79 Å². The number of carbonyl (C=O) groups is 4. The normalized spacial score (nSPS) is 35.4. The Morgan fingerprint density at radius 2 is 1.71 bits per heavy atom. The number of esters is 1. The van der Waals surface area contributed by atoms with Gasteiger partial charge in [-0.05, 0) is 86.0 Å². The van der Waals surface area contributed by atoms with Crippen LogP contribution in [0.15, 0.2) is 37.1 Å². The molecule has 1 N–H and O–H groups in total. The monoisotopic (exact) mass is 891 g/mol. The first-order chi connectivity index (χ1) is 29.0. The number of aryl methyl sites for hydroxylation is 1. The Bertz CT molecular complexity index is 2000. The molecule has 3 fully saturated rings. The number of methoxy groups -OCH3 is 1. The fourth-order valence-corrected chi connectivity index (χ4v) is 10.2. The lowest BCUT2D eigenvalue weighted by atomic mass is 9.73. The van der Waals surface area contributed by atoms with Crippen molar-refractivity contribution in [2.45, 2.75) is 148 Å². The maximum Gasteiger partial charge on any atom is 0.410 e. The van der Waals surface area contributed by atoms with E-state index < -0.39 is 106 Å². The highest BCUT2D eigenvalue weighted by Gasteiger charge is 2.60. The number of unbranched alkanes of at least 4 members (excludes halogenated alkanes) is 1. The summed E-state index contributed by atoms with van der Waals surface area (Å²) in [4.78, 5) is 69.1. The van der Waals surface area contributed by atoms with Crippen LogP contribution >= 0.6 is 0 Å². The zero-order valence-electron chi connectivity index (χ0n) is 37.8. The highest BCUT2D eigenvalue weighted by atomic mass is 32.3. The number of pyridine rings is 1. The van der Waals surface area contributed by atoms with Crippen molar-refractivity contribution in [1.82, 2.24) is 24.3 Å². The lowest BCUT2D eigenvalue weighted by molar-refractivity contribution is -0.291. The molecule has 0 aliphatic carbocycles. The van der Waals surface area contributed by atoms with E-state index in [2.05, 4.69) is 9.97 Å². The Labute approximate surface area is 365 Å². The van der Waals surface area contributed by atoms with Gasteiger partial charge in [0.15, 0.2) is 17.7 Å². The molecule has 0 radical (unpaired) electrons. The smallest absolute Gasteiger partial charge is 0.410 e. The number of aromatic nitrogens is 3. The molecular formula is C43H65N5O13S. The second-order valence-electron chi connectivity index (χ2n) is 17.8. The molecular weight excluding hydrogens is 827 g/mol. The molecule has 3 aliphatic heterocycles. The zero-order valence-corrected chi connectivity index (χ0v) is 38.6. The second kappa shape index (κ2) is 19.9. The van der Waals surface area contributed by atoms with Crippen LogP contribution in [-0.4, -0.2) is 143 Å². The first-order valence-electron chi connectivity index (χ1n) is 21.4. The van der Waals surface area contributed by atoms with Gasteiger partial charge < -0.3 is 38.1 Å². The highest BCUT2D eigenvalue weighted by Crippen LogP contribution is 2.43. The number of likely N-dealkylation sites (N-methyl/N-ethyl adjacent to an activating group) is 1. The van der Waals surface area contributed by atoms with Gasteiger partial charge in [-0.3, -0.25) is 23.9 Å². The van der Waals surface area contributed by atoms with E-state index in [0.29, 0.717) is 25.8 Å². The van der Waals surface area contributed by atoms with Crippen LogP contribution in [0, 0.1) is 23.7 Å². The van der Waals surface area contributed by atoms with Crippen LogP contribution < -0.4 is 0 Å². The highest BCUT2D eigenvalue weighted by molar-refractivity contribution is 7.80. The number of carbonyl (C=O) groups excluding carboxylic acids is 4. The number of imidazole rings is 1. The second-order valence-corrected chi connectivity index (χ2v) is 18.9. The average Bonchev–Trinajstić information content (AvgIpc) is 3.80. The fourth-order valence-electron chi connectivity index (χ4n) is 9.66. The molecule has 0 bridgehead atoms. The maximum atomic E-state index is 14.8. The molecule has 2 aromatic heterocycles. The SMILES string of the molecule is CC[C@H]1OC(=O)[C@H](C)C(=O)[C@H](C)[C@@H](O[C@@H]2O[C@H](C)C[C@H](N(C)C)[C@H]2OS(=O)(=O)O)[C@](C)(OC)C[C@@H](C)C(=O)[C@H](C)[C@H]2N(CCCCn3cnc(-c4cccnc4)c3)C(=O)O[C@]12C. The van der Waals surface area contributed by atoms with Gasteiger partial charge in [0, 0.05) is 68.1 Å². The molecule has 0 saturated carbocycles. The molecule has 1 amide bonds. The minimum absolute atomic E-state index is 0.00161. The predicted molar refractivity (Wildman–Crippen MR) is 225 cm³/mol. The third-order valence-electron chi connectivity index (χ3n) is 13.0. The number of amides is 1. The van der Waals surface area contributed by atoms with E-state index in [9.17, 15) is 32.1 Å². The molecule has 0 unspecified atom stereocenters. The molecule has 2 aromatic rings. The van der Waals surface area contributed by atoms with Crippen molar-refractivity contribution < 1.29 is 60.0 Å². The van der Waals surface area contributed by atoms with Gasteiger partial charge in [0.2, 0.25) is 0 Å². The standard InChI is InChI=1S/C43H65N5O13S/c1-12-33-43(8)37(48(41(52)60-43)19-14-13-18-47-23-31(45-24-47)30-16-15-17-44-22-30)27(4)34(49)25(2)21-42(7,56-11)38(28(5)35(50)29(6)39(51)58-33)59-40-36(61-62(53,54)55)32(46(9)10)20-26(3)57-40/h15-17,22-29,32-33,36-38,40H,12-14,18-21H2,1-11H3,(H,53,54,55)/t25-,26-,27+,28+,29-,32+,33-,36-,37-,38-,40+,42-,43-/m1/s1. The largest absolute Gasteiger partial charge is 0.458 e. The zero-order chi connectivity index (χ0) is 45.9. The number of nitrogens with zero attached hydrogens (tertiary/aromatic N) is 5. The summed E-state index contributed by atoms with van der Waals surface area (Å²) >= 11 is 0. The summed E-state index contributed by atoms with van der Waals surface area (Å²) in [5.41, 5.74) is -1.23. The third-order valence-corrected chi connectivity index (χ3v) is 13.5. The van der Waals surface area contributed by atoms with E-state index >= 15 is 0 Å². The minimum Gasteiger partial charge on any atom is -0.458 e. The quantitative estimate of drug-likeness (QED) is 0.124. The van der Waals surface area contributed by atoms with Crippen LogP contribution in [-0.2, 0) is 59.2 Å². The van der Waals surface area contributed by atoms with E-state index in [1.54, 1.807) is 91.1 Å². The molecule has 5 rings (SSSR count). The number of fused-ring (bicyclic) bond motifs is 1. The van der Waals surface area contributed by atoms with Gasteiger partial charge in [0.05, 0.1) is 35.9 Å². The third kappa shape index (κ3) is 10.7. The predicted octanol–water partition coefficient (Wildman–Crippen LogP) is 4.76. The molecule has 3 aliphatic rings. The van der Waals surface area contributed by atoms with Gasteiger partial charge in [-0.15, -0.1) is 0 Å². The van der Waals surface area contributed by atoms with E-state index in [1.165, 1.54) is 14.0 Å². The first-order valence-corrected chi connectivity index (χ1v) is 22.8. The van der Waals surface area contributed by atoms with E-state index in [-0.39, 0.29) is 25.2 Å². The van der Waals surface area contributed by atoms with Crippen molar-refractivity contribution in [2.75, 3.05) is 27.7 Å². The van der Waals surface area contributed by atoms with Crippen molar-refractivity contribution >= 4 is 34.0 Å².